The van der Waals surface area contributed by atoms with E-state index >= 15 is 0 Å². The Hall–Kier alpha value is -2.04. The molecule has 0 aliphatic heterocycles. The van der Waals surface area contributed by atoms with Gasteiger partial charge < -0.3 is 15.2 Å². The molecule has 5 nitrogen and oxygen atoms in total. The summed E-state index contributed by atoms with van der Waals surface area (Å²) in [6.45, 7) is 1.99. The number of carboxylic acid groups (broad SMARTS) is 1. The Labute approximate surface area is 112 Å². The second-order valence-corrected chi connectivity index (χ2v) is 4.20. The Morgan fingerprint density at radius 3 is 2.58 bits per heavy atom. The number of hydrogen-bond acceptors (Lipinski definition) is 3. The molecule has 1 aromatic carbocycles. The van der Waals surface area contributed by atoms with E-state index in [1.807, 2.05) is 13.0 Å². The lowest BCUT2D eigenvalue weighted by Crippen LogP contribution is -2.24. The maximum Gasteiger partial charge on any atom is 0.311 e. The third-order valence-corrected chi connectivity index (χ3v) is 3.04. The fourth-order valence-electron chi connectivity index (χ4n) is 1.89. The summed E-state index contributed by atoms with van der Waals surface area (Å²) in [6, 6.07) is 5.43. The zero-order valence-electron chi connectivity index (χ0n) is 11.4. The molecule has 0 saturated carbocycles. The summed E-state index contributed by atoms with van der Waals surface area (Å²) in [4.78, 5) is 22.8. The van der Waals surface area contributed by atoms with E-state index in [1.165, 1.54) is 14.2 Å². The Balaban J connectivity index is 3.19. The van der Waals surface area contributed by atoms with E-state index in [4.69, 9.17) is 4.74 Å². The number of nitrogens with one attached hydrogen (secondary N) is 1. The molecule has 0 heterocycles. The number of benzene rings is 1. The van der Waals surface area contributed by atoms with Crippen LogP contribution in [0.2, 0.25) is 0 Å². The fourth-order valence-corrected chi connectivity index (χ4v) is 1.89. The highest BCUT2D eigenvalue weighted by molar-refractivity contribution is 5.86. The van der Waals surface area contributed by atoms with Gasteiger partial charge in [-0.3, -0.25) is 9.59 Å². The Bertz CT molecular complexity index is 471. The number of methoxy groups -OCH3 is 1. The number of rotatable bonds is 6. The zero-order valence-corrected chi connectivity index (χ0v) is 11.4. The molecular formula is C14H19NO4. The Morgan fingerprint density at radius 2 is 2.11 bits per heavy atom. The van der Waals surface area contributed by atoms with Crippen molar-refractivity contribution in [2.75, 3.05) is 14.2 Å². The van der Waals surface area contributed by atoms with Crippen molar-refractivity contribution >= 4 is 11.9 Å². The molecule has 0 spiro atoms. The lowest BCUT2D eigenvalue weighted by atomic mass is 9.92. The Morgan fingerprint density at radius 1 is 1.42 bits per heavy atom. The number of aliphatic carboxylic acids is 1. The predicted molar refractivity (Wildman–Crippen MR) is 71.4 cm³/mol. The molecule has 0 fully saturated rings. The normalized spacial score (nSPS) is 11.7. The average molecular weight is 265 g/mol. The largest absolute Gasteiger partial charge is 0.496 e. The second-order valence-electron chi connectivity index (χ2n) is 4.20. The van der Waals surface area contributed by atoms with Crippen LogP contribution in [0.4, 0.5) is 0 Å². The number of ether oxygens (including phenoxy) is 1. The number of hydrogen-bond donors (Lipinski definition) is 2. The SMILES string of the molecule is CCc1ccc(OC)c(C(CC(=O)NC)C(=O)O)c1. The van der Waals surface area contributed by atoms with Crippen LogP contribution < -0.4 is 10.1 Å². The number of aryl methyl sites for hydroxylation is 1. The van der Waals surface area contributed by atoms with Crippen LogP contribution in [0.1, 0.15) is 30.4 Å². The molecular weight excluding hydrogens is 246 g/mol. The molecule has 0 aliphatic carbocycles. The summed E-state index contributed by atoms with van der Waals surface area (Å²) < 4.78 is 5.20. The highest BCUT2D eigenvalue weighted by Gasteiger charge is 2.26. The van der Waals surface area contributed by atoms with Gasteiger partial charge in [0.25, 0.3) is 0 Å². The van der Waals surface area contributed by atoms with E-state index in [-0.39, 0.29) is 12.3 Å². The molecule has 1 aromatic rings. The molecule has 1 atom stereocenters. The first-order valence-electron chi connectivity index (χ1n) is 6.13. The number of carbonyl (C=O) groups is 2. The van der Waals surface area contributed by atoms with Crippen LogP contribution in [0, 0.1) is 0 Å². The third kappa shape index (κ3) is 3.71. The van der Waals surface area contributed by atoms with Gasteiger partial charge in [-0.1, -0.05) is 19.1 Å². The van der Waals surface area contributed by atoms with Crippen LogP contribution in [0.25, 0.3) is 0 Å². The number of carboxylic acids is 1. The molecule has 1 amide bonds. The molecule has 19 heavy (non-hydrogen) atoms. The van der Waals surface area contributed by atoms with Gasteiger partial charge in [0.2, 0.25) is 5.91 Å². The van der Waals surface area contributed by atoms with E-state index in [2.05, 4.69) is 5.32 Å². The van der Waals surface area contributed by atoms with Gasteiger partial charge in [-0.15, -0.1) is 0 Å². The van der Waals surface area contributed by atoms with Gasteiger partial charge in [0, 0.05) is 19.0 Å². The minimum Gasteiger partial charge on any atom is -0.496 e. The van der Waals surface area contributed by atoms with Crippen molar-refractivity contribution in [1.29, 1.82) is 0 Å². The van der Waals surface area contributed by atoms with Crippen molar-refractivity contribution in [2.24, 2.45) is 0 Å². The molecule has 5 heteroatoms. The van der Waals surface area contributed by atoms with Crippen molar-refractivity contribution in [3.05, 3.63) is 29.3 Å². The summed E-state index contributed by atoms with van der Waals surface area (Å²) >= 11 is 0. The first kappa shape index (κ1) is 15.0. The lowest BCUT2D eigenvalue weighted by Gasteiger charge is -2.16. The summed E-state index contributed by atoms with van der Waals surface area (Å²) in [5.74, 6) is -1.75. The average Bonchev–Trinajstić information content (AvgIpc) is 2.43. The molecule has 104 valence electrons. The van der Waals surface area contributed by atoms with Gasteiger partial charge in [0.05, 0.1) is 13.0 Å². The summed E-state index contributed by atoms with van der Waals surface area (Å²) in [6.07, 6.45) is 0.693. The molecule has 0 aliphatic rings. The number of amides is 1. The highest BCUT2D eigenvalue weighted by atomic mass is 16.5. The minimum atomic E-state index is -1.03. The highest BCUT2D eigenvalue weighted by Crippen LogP contribution is 2.30. The van der Waals surface area contributed by atoms with Gasteiger partial charge in [-0.25, -0.2) is 0 Å². The molecule has 0 bridgehead atoms. The maximum absolute atomic E-state index is 11.4. The number of carbonyl (C=O) groups excluding carboxylic acids is 1. The monoisotopic (exact) mass is 265 g/mol. The first-order valence-corrected chi connectivity index (χ1v) is 6.13. The standard InChI is InChI=1S/C14H19NO4/c1-4-9-5-6-12(19-3)10(7-9)11(14(17)18)8-13(16)15-2/h5-7,11H,4,8H2,1-3H3,(H,15,16)(H,17,18). The van der Waals surface area contributed by atoms with Crippen molar-refractivity contribution in [2.45, 2.75) is 25.7 Å². The maximum atomic E-state index is 11.4. The summed E-state index contributed by atoms with van der Waals surface area (Å²) in [7, 11) is 2.98. The molecule has 1 rings (SSSR count). The molecule has 1 unspecified atom stereocenters. The second kappa shape index (κ2) is 6.78. The minimum absolute atomic E-state index is 0.102. The van der Waals surface area contributed by atoms with Crippen LogP contribution in [0.15, 0.2) is 18.2 Å². The van der Waals surface area contributed by atoms with Crippen LogP contribution in [-0.2, 0) is 16.0 Å². The van der Waals surface area contributed by atoms with E-state index in [0.29, 0.717) is 11.3 Å². The van der Waals surface area contributed by atoms with Crippen molar-refractivity contribution in [3.63, 3.8) is 0 Å². The van der Waals surface area contributed by atoms with Gasteiger partial charge in [-0.2, -0.15) is 0 Å². The zero-order chi connectivity index (χ0) is 14.4. The summed E-state index contributed by atoms with van der Waals surface area (Å²) in [5, 5.41) is 11.8. The van der Waals surface area contributed by atoms with Crippen molar-refractivity contribution < 1.29 is 19.4 Å². The molecule has 0 saturated heterocycles. The van der Waals surface area contributed by atoms with Crippen LogP contribution >= 0.6 is 0 Å². The van der Waals surface area contributed by atoms with E-state index in [9.17, 15) is 14.7 Å². The van der Waals surface area contributed by atoms with Crippen LogP contribution in [-0.4, -0.2) is 31.1 Å². The lowest BCUT2D eigenvalue weighted by molar-refractivity contribution is -0.140. The Kier molecular flexibility index (Phi) is 5.36. The third-order valence-electron chi connectivity index (χ3n) is 3.04. The van der Waals surface area contributed by atoms with Crippen molar-refractivity contribution in [1.82, 2.24) is 5.32 Å². The van der Waals surface area contributed by atoms with E-state index < -0.39 is 11.9 Å². The molecule has 2 N–H and O–H groups in total. The smallest absolute Gasteiger partial charge is 0.311 e. The van der Waals surface area contributed by atoms with Crippen molar-refractivity contribution in [3.8, 4) is 5.75 Å². The van der Waals surface area contributed by atoms with Gasteiger partial charge in [0.15, 0.2) is 0 Å². The molecule has 0 radical (unpaired) electrons. The van der Waals surface area contributed by atoms with Gasteiger partial charge in [0.1, 0.15) is 5.75 Å². The van der Waals surface area contributed by atoms with E-state index in [1.54, 1.807) is 12.1 Å². The van der Waals surface area contributed by atoms with Crippen LogP contribution in [0.5, 0.6) is 5.75 Å². The predicted octanol–water partition coefficient (Wildman–Crippen LogP) is 1.56. The first-order chi connectivity index (χ1) is 9.03. The van der Waals surface area contributed by atoms with Gasteiger partial charge in [-0.05, 0) is 18.1 Å². The topological polar surface area (TPSA) is 75.6 Å². The van der Waals surface area contributed by atoms with Gasteiger partial charge >= 0.3 is 5.97 Å². The summed E-state index contributed by atoms with van der Waals surface area (Å²) in [5.41, 5.74) is 1.55. The fraction of sp³-hybridized carbons (Fsp3) is 0.429. The quantitative estimate of drug-likeness (QED) is 0.818. The molecule has 0 aromatic heterocycles. The van der Waals surface area contributed by atoms with E-state index in [0.717, 1.165) is 12.0 Å². The van der Waals surface area contributed by atoms with Crippen LogP contribution in [0.3, 0.4) is 0 Å².